The monoisotopic (exact) mass is 362 g/mol. The van der Waals surface area contributed by atoms with E-state index < -0.39 is 0 Å². The Kier molecular flexibility index (Phi) is 6.61. The summed E-state index contributed by atoms with van der Waals surface area (Å²) < 4.78 is 11.2. The summed E-state index contributed by atoms with van der Waals surface area (Å²) in [6, 6.07) is 19.2. The number of hydrogen-bond donors (Lipinski definition) is 1. The first-order chi connectivity index (χ1) is 13.2. The summed E-state index contributed by atoms with van der Waals surface area (Å²) in [5, 5.41) is 12.0. The molecule has 138 valence electrons. The van der Waals surface area contributed by atoms with Gasteiger partial charge in [-0.15, -0.1) is 0 Å². The maximum absolute atomic E-state index is 12.2. The van der Waals surface area contributed by atoms with Crippen molar-refractivity contribution in [3.05, 3.63) is 71.3 Å². The Morgan fingerprint density at radius 3 is 2.67 bits per heavy atom. The summed E-state index contributed by atoms with van der Waals surface area (Å²) >= 11 is 0. The second-order valence-corrected chi connectivity index (χ2v) is 6.36. The second kappa shape index (κ2) is 9.56. The van der Waals surface area contributed by atoms with Crippen molar-refractivity contribution in [1.82, 2.24) is 5.32 Å². The summed E-state index contributed by atoms with van der Waals surface area (Å²) in [4.78, 5) is 12.2. The average Bonchev–Trinajstić information content (AvgIpc) is 3.24. The standard InChI is InChI=1S/C22H22N2O3/c23-14-19(22(25)24-15-21-7-4-12-26-21)13-17-8-10-20(11-9-17)27-16-18-5-2-1-3-6-18/h1-3,5-6,8-11,13,21H,4,7,12,15-16H2,(H,24,25)/b19-13-/t21-/m1/s1. The highest BCUT2D eigenvalue weighted by Gasteiger charge is 2.17. The summed E-state index contributed by atoms with van der Waals surface area (Å²) in [5.41, 5.74) is 1.94. The van der Waals surface area contributed by atoms with Gasteiger partial charge < -0.3 is 14.8 Å². The zero-order valence-electron chi connectivity index (χ0n) is 15.1. The summed E-state index contributed by atoms with van der Waals surface area (Å²) in [6.45, 7) is 1.66. The zero-order chi connectivity index (χ0) is 18.9. The van der Waals surface area contributed by atoms with Crippen molar-refractivity contribution in [2.24, 2.45) is 0 Å². The fourth-order valence-corrected chi connectivity index (χ4v) is 2.82. The molecular formula is C22H22N2O3. The molecule has 5 nitrogen and oxygen atoms in total. The highest BCUT2D eigenvalue weighted by Crippen LogP contribution is 2.16. The van der Waals surface area contributed by atoms with Gasteiger partial charge in [0.2, 0.25) is 0 Å². The zero-order valence-corrected chi connectivity index (χ0v) is 15.1. The lowest BCUT2D eigenvalue weighted by Gasteiger charge is -2.10. The Labute approximate surface area is 159 Å². The Morgan fingerprint density at radius 1 is 1.22 bits per heavy atom. The van der Waals surface area contributed by atoms with E-state index in [4.69, 9.17) is 9.47 Å². The smallest absolute Gasteiger partial charge is 0.262 e. The van der Waals surface area contributed by atoms with Crippen molar-refractivity contribution >= 4 is 12.0 Å². The van der Waals surface area contributed by atoms with Gasteiger partial charge in [0.1, 0.15) is 24.0 Å². The highest BCUT2D eigenvalue weighted by atomic mass is 16.5. The molecular weight excluding hydrogens is 340 g/mol. The number of ether oxygens (including phenoxy) is 2. The number of carbonyl (C=O) groups excluding carboxylic acids is 1. The minimum Gasteiger partial charge on any atom is -0.489 e. The predicted molar refractivity (Wildman–Crippen MR) is 103 cm³/mol. The minimum atomic E-state index is -0.377. The number of nitrogens with one attached hydrogen (secondary N) is 1. The summed E-state index contributed by atoms with van der Waals surface area (Å²) in [6.07, 6.45) is 3.58. The minimum absolute atomic E-state index is 0.0509. The molecule has 27 heavy (non-hydrogen) atoms. The average molecular weight is 362 g/mol. The van der Waals surface area contributed by atoms with E-state index in [1.807, 2.05) is 60.7 Å². The van der Waals surface area contributed by atoms with Crippen LogP contribution in [0.15, 0.2) is 60.2 Å². The van der Waals surface area contributed by atoms with Crippen LogP contribution in [-0.4, -0.2) is 25.2 Å². The van der Waals surface area contributed by atoms with E-state index in [2.05, 4.69) is 5.32 Å². The van der Waals surface area contributed by atoms with Crippen LogP contribution in [0.25, 0.3) is 6.08 Å². The molecule has 1 aliphatic heterocycles. The largest absolute Gasteiger partial charge is 0.489 e. The van der Waals surface area contributed by atoms with Gasteiger partial charge in [-0.05, 0) is 42.2 Å². The van der Waals surface area contributed by atoms with Crippen LogP contribution in [0.2, 0.25) is 0 Å². The van der Waals surface area contributed by atoms with Crippen LogP contribution >= 0.6 is 0 Å². The van der Waals surface area contributed by atoms with Gasteiger partial charge in [-0.1, -0.05) is 42.5 Å². The lowest BCUT2D eigenvalue weighted by molar-refractivity contribution is -0.117. The third-order valence-corrected chi connectivity index (χ3v) is 4.32. The number of benzene rings is 2. The van der Waals surface area contributed by atoms with Crippen molar-refractivity contribution in [1.29, 1.82) is 5.26 Å². The van der Waals surface area contributed by atoms with E-state index in [-0.39, 0.29) is 17.6 Å². The van der Waals surface area contributed by atoms with Crippen molar-refractivity contribution in [2.45, 2.75) is 25.6 Å². The Hall–Kier alpha value is -3.10. The van der Waals surface area contributed by atoms with E-state index in [9.17, 15) is 10.1 Å². The molecule has 5 heteroatoms. The van der Waals surface area contributed by atoms with Crippen LogP contribution in [0.3, 0.4) is 0 Å². The van der Waals surface area contributed by atoms with Gasteiger partial charge in [-0.3, -0.25) is 4.79 Å². The molecule has 0 aromatic heterocycles. The van der Waals surface area contributed by atoms with Gasteiger partial charge in [-0.2, -0.15) is 5.26 Å². The van der Waals surface area contributed by atoms with Crippen molar-refractivity contribution in [3.8, 4) is 11.8 Å². The molecule has 0 spiro atoms. The lowest BCUT2D eigenvalue weighted by atomic mass is 10.1. The molecule has 1 amide bonds. The predicted octanol–water partition coefficient (Wildman–Crippen LogP) is 3.47. The lowest BCUT2D eigenvalue weighted by Crippen LogP contribution is -2.32. The Bertz CT molecular complexity index is 817. The van der Waals surface area contributed by atoms with Gasteiger partial charge >= 0.3 is 0 Å². The van der Waals surface area contributed by atoms with Crippen molar-refractivity contribution in [2.75, 3.05) is 13.2 Å². The number of rotatable bonds is 7. The first-order valence-electron chi connectivity index (χ1n) is 9.03. The SMILES string of the molecule is N#C/C(=C/c1ccc(OCc2ccccc2)cc1)C(=O)NC[C@H]1CCCO1. The van der Waals surface area contributed by atoms with Gasteiger partial charge in [0.15, 0.2) is 0 Å². The molecule has 0 aliphatic carbocycles. The van der Waals surface area contributed by atoms with E-state index in [0.717, 1.165) is 36.3 Å². The molecule has 0 saturated carbocycles. The van der Waals surface area contributed by atoms with Crippen LogP contribution in [-0.2, 0) is 16.1 Å². The van der Waals surface area contributed by atoms with E-state index in [1.54, 1.807) is 6.08 Å². The molecule has 1 atom stereocenters. The van der Waals surface area contributed by atoms with Gasteiger partial charge in [0, 0.05) is 13.2 Å². The van der Waals surface area contributed by atoms with E-state index in [1.165, 1.54) is 0 Å². The Morgan fingerprint density at radius 2 is 2.00 bits per heavy atom. The fourth-order valence-electron chi connectivity index (χ4n) is 2.82. The molecule has 3 rings (SSSR count). The first kappa shape index (κ1) is 18.7. The third-order valence-electron chi connectivity index (χ3n) is 4.32. The number of amides is 1. The molecule has 1 N–H and O–H groups in total. The quantitative estimate of drug-likeness (QED) is 0.605. The Balaban J connectivity index is 1.55. The molecule has 0 radical (unpaired) electrons. The molecule has 2 aromatic carbocycles. The number of carbonyl (C=O) groups is 1. The number of hydrogen-bond acceptors (Lipinski definition) is 4. The van der Waals surface area contributed by atoms with Crippen LogP contribution in [0.5, 0.6) is 5.75 Å². The molecule has 1 saturated heterocycles. The fraction of sp³-hybridized carbons (Fsp3) is 0.273. The molecule has 2 aromatic rings. The number of nitrogens with zero attached hydrogens (tertiary/aromatic N) is 1. The van der Waals surface area contributed by atoms with Crippen LogP contribution < -0.4 is 10.1 Å². The summed E-state index contributed by atoms with van der Waals surface area (Å²) in [7, 11) is 0. The normalized spacial score (nSPS) is 16.6. The molecule has 1 heterocycles. The van der Waals surface area contributed by atoms with E-state index >= 15 is 0 Å². The maximum atomic E-state index is 12.2. The second-order valence-electron chi connectivity index (χ2n) is 6.36. The topological polar surface area (TPSA) is 71.3 Å². The summed E-state index contributed by atoms with van der Waals surface area (Å²) in [5.74, 6) is 0.356. The third kappa shape index (κ3) is 5.70. The molecule has 1 aliphatic rings. The van der Waals surface area contributed by atoms with Crippen LogP contribution in [0.4, 0.5) is 0 Å². The number of nitriles is 1. The van der Waals surface area contributed by atoms with E-state index in [0.29, 0.717) is 13.2 Å². The van der Waals surface area contributed by atoms with Gasteiger partial charge in [0.05, 0.1) is 6.10 Å². The highest BCUT2D eigenvalue weighted by molar-refractivity contribution is 6.01. The van der Waals surface area contributed by atoms with Crippen molar-refractivity contribution in [3.63, 3.8) is 0 Å². The molecule has 0 bridgehead atoms. The molecule has 1 fully saturated rings. The van der Waals surface area contributed by atoms with Crippen molar-refractivity contribution < 1.29 is 14.3 Å². The van der Waals surface area contributed by atoms with Crippen LogP contribution in [0.1, 0.15) is 24.0 Å². The first-order valence-corrected chi connectivity index (χ1v) is 9.03. The molecule has 0 unspecified atom stereocenters. The maximum Gasteiger partial charge on any atom is 0.262 e. The van der Waals surface area contributed by atoms with Crippen LogP contribution in [0, 0.1) is 11.3 Å². The van der Waals surface area contributed by atoms with Gasteiger partial charge in [-0.25, -0.2) is 0 Å². The van der Waals surface area contributed by atoms with Gasteiger partial charge in [0.25, 0.3) is 5.91 Å².